The molecule has 2 aromatic rings. The van der Waals surface area contributed by atoms with Crippen LogP contribution in [0, 0.1) is 0 Å². The molecule has 2 heterocycles. The highest BCUT2D eigenvalue weighted by atomic mass is 16.5. The summed E-state index contributed by atoms with van der Waals surface area (Å²) >= 11 is 0. The van der Waals surface area contributed by atoms with Crippen LogP contribution in [0.1, 0.15) is 38.4 Å². The average Bonchev–Trinajstić information content (AvgIpc) is 2.91. The second-order valence-corrected chi connectivity index (χ2v) is 7.38. The number of carbonyl (C=O) groups is 1. The van der Waals surface area contributed by atoms with E-state index in [2.05, 4.69) is 5.32 Å². The summed E-state index contributed by atoms with van der Waals surface area (Å²) in [5.41, 5.74) is 9.50. The molecule has 1 aromatic carbocycles. The SMILES string of the molecule is CC(C)(C)Oc1ccc(-c2nn(CCC(N)=O)c3c2CNCC3)cc1. The summed E-state index contributed by atoms with van der Waals surface area (Å²) in [6, 6.07) is 8.03. The Morgan fingerprint density at radius 2 is 2.04 bits per heavy atom. The molecule has 1 amide bonds. The second-order valence-electron chi connectivity index (χ2n) is 7.38. The molecule has 3 rings (SSSR count). The molecular formula is C19H26N4O2. The Kier molecular flexibility index (Phi) is 4.81. The molecule has 3 N–H and O–H groups in total. The van der Waals surface area contributed by atoms with E-state index in [4.69, 9.17) is 15.6 Å². The molecule has 1 aliphatic rings. The van der Waals surface area contributed by atoms with Gasteiger partial charge in [0.15, 0.2) is 0 Å². The van der Waals surface area contributed by atoms with Gasteiger partial charge in [0.25, 0.3) is 0 Å². The standard InChI is InChI=1S/C19H26N4O2/c1-19(2,3)25-14-6-4-13(5-7-14)18-15-12-21-10-8-16(15)23(22-18)11-9-17(20)24/h4-7,21H,8-12H2,1-3H3,(H2,20,24). The molecule has 6 nitrogen and oxygen atoms in total. The first kappa shape index (κ1) is 17.5. The Morgan fingerprint density at radius 3 is 2.68 bits per heavy atom. The Bertz CT molecular complexity index is 757. The van der Waals surface area contributed by atoms with Crippen molar-refractivity contribution in [2.24, 2.45) is 5.73 Å². The van der Waals surface area contributed by atoms with Crippen LogP contribution in [0.4, 0.5) is 0 Å². The van der Waals surface area contributed by atoms with Gasteiger partial charge in [-0.3, -0.25) is 9.48 Å². The van der Waals surface area contributed by atoms with Crippen molar-refractivity contribution in [1.82, 2.24) is 15.1 Å². The first-order valence-corrected chi connectivity index (χ1v) is 8.70. The number of nitrogens with one attached hydrogen (secondary N) is 1. The number of nitrogens with two attached hydrogens (primary N) is 1. The number of hydrogen-bond donors (Lipinski definition) is 2. The fraction of sp³-hybridized carbons (Fsp3) is 0.474. The minimum absolute atomic E-state index is 0.221. The maximum atomic E-state index is 11.1. The molecule has 0 unspecified atom stereocenters. The number of carbonyl (C=O) groups excluding carboxylic acids is 1. The van der Waals surface area contributed by atoms with E-state index in [-0.39, 0.29) is 11.5 Å². The van der Waals surface area contributed by atoms with Crippen molar-refractivity contribution in [3.05, 3.63) is 35.5 Å². The number of nitrogens with zero attached hydrogens (tertiary/aromatic N) is 2. The number of benzene rings is 1. The number of hydrogen-bond acceptors (Lipinski definition) is 4. The summed E-state index contributed by atoms with van der Waals surface area (Å²) < 4.78 is 7.83. The summed E-state index contributed by atoms with van der Waals surface area (Å²) in [6.45, 7) is 8.34. The minimum atomic E-state index is -0.302. The van der Waals surface area contributed by atoms with Crippen molar-refractivity contribution in [1.29, 1.82) is 0 Å². The van der Waals surface area contributed by atoms with Crippen LogP contribution < -0.4 is 15.8 Å². The molecule has 0 saturated heterocycles. The third-order valence-corrected chi connectivity index (χ3v) is 4.13. The normalized spacial score (nSPS) is 14.2. The predicted molar refractivity (Wildman–Crippen MR) is 97.3 cm³/mol. The highest BCUT2D eigenvalue weighted by molar-refractivity contribution is 5.73. The Balaban J connectivity index is 1.90. The van der Waals surface area contributed by atoms with E-state index in [0.717, 1.165) is 36.5 Å². The van der Waals surface area contributed by atoms with Crippen molar-refractivity contribution in [2.45, 2.75) is 52.3 Å². The van der Waals surface area contributed by atoms with Crippen LogP contribution in [0.25, 0.3) is 11.3 Å². The number of ether oxygens (including phenoxy) is 1. The quantitative estimate of drug-likeness (QED) is 0.873. The fourth-order valence-electron chi connectivity index (χ4n) is 3.09. The molecule has 0 spiro atoms. The lowest BCUT2D eigenvalue weighted by molar-refractivity contribution is -0.118. The van der Waals surface area contributed by atoms with E-state index in [1.807, 2.05) is 49.7 Å². The lowest BCUT2D eigenvalue weighted by Crippen LogP contribution is -2.25. The van der Waals surface area contributed by atoms with Gasteiger partial charge in [-0.1, -0.05) is 0 Å². The van der Waals surface area contributed by atoms with Gasteiger partial charge in [0, 0.05) is 49.3 Å². The second kappa shape index (κ2) is 6.88. The van der Waals surface area contributed by atoms with Gasteiger partial charge in [-0.25, -0.2) is 0 Å². The van der Waals surface area contributed by atoms with E-state index < -0.39 is 0 Å². The molecule has 25 heavy (non-hydrogen) atoms. The van der Waals surface area contributed by atoms with Crippen molar-refractivity contribution in [3.63, 3.8) is 0 Å². The van der Waals surface area contributed by atoms with Crippen molar-refractivity contribution >= 4 is 5.91 Å². The van der Waals surface area contributed by atoms with Crippen LogP contribution >= 0.6 is 0 Å². The summed E-state index contributed by atoms with van der Waals surface area (Å²) in [5, 5.41) is 8.17. The number of primary amides is 1. The van der Waals surface area contributed by atoms with Gasteiger partial charge >= 0.3 is 0 Å². The maximum absolute atomic E-state index is 11.1. The van der Waals surface area contributed by atoms with E-state index in [0.29, 0.717) is 13.0 Å². The monoisotopic (exact) mass is 342 g/mol. The number of amides is 1. The molecular weight excluding hydrogens is 316 g/mol. The third-order valence-electron chi connectivity index (χ3n) is 4.13. The first-order valence-electron chi connectivity index (χ1n) is 8.70. The molecule has 1 aromatic heterocycles. The van der Waals surface area contributed by atoms with Gasteiger partial charge in [-0.2, -0.15) is 5.10 Å². The van der Waals surface area contributed by atoms with E-state index >= 15 is 0 Å². The maximum Gasteiger partial charge on any atom is 0.219 e. The zero-order chi connectivity index (χ0) is 18.0. The van der Waals surface area contributed by atoms with Gasteiger partial charge in [-0.15, -0.1) is 0 Å². The van der Waals surface area contributed by atoms with Gasteiger partial charge < -0.3 is 15.8 Å². The topological polar surface area (TPSA) is 82.2 Å². The number of rotatable bonds is 5. The molecule has 0 saturated carbocycles. The van der Waals surface area contributed by atoms with E-state index in [1.54, 1.807) is 0 Å². The molecule has 134 valence electrons. The molecule has 0 radical (unpaired) electrons. The summed E-state index contributed by atoms with van der Waals surface area (Å²) in [4.78, 5) is 11.1. The number of aromatic nitrogens is 2. The summed E-state index contributed by atoms with van der Waals surface area (Å²) in [6.07, 6.45) is 1.21. The van der Waals surface area contributed by atoms with Crippen LogP contribution in [0.3, 0.4) is 0 Å². The van der Waals surface area contributed by atoms with Gasteiger partial charge in [0.05, 0.1) is 5.69 Å². The lowest BCUT2D eigenvalue weighted by atomic mass is 10.0. The highest BCUT2D eigenvalue weighted by Crippen LogP contribution is 2.30. The largest absolute Gasteiger partial charge is 0.488 e. The molecule has 6 heteroatoms. The van der Waals surface area contributed by atoms with Crippen molar-refractivity contribution in [3.8, 4) is 17.0 Å². The molecule has 1 aliphatic heterocycles. The van der Waals surface area contributed by atoms with Crippen LogP contribution in [-0.4, -0.2) is 27.8 Å². The first-order chi connectivity index (χ1) is 11.8. The van der Waals surface area contributed by atoms with E-state index in [1.165, 1.54) is 11.3 Å². The van der Waals surface area contributed by atoms with Crippen LogP contribution in [0.15, 0.2) is 24.3 Å². The summed E-state index contributed by atoms with van der Waals surface area (Å²) in [5.74, 6) is 0.542. The Morgan fingerprint density at radius 1 is 1.32 bits per heavy atom. The van der Waals surface area contributed by atoms with Gasteiger partial charge in [0.1, 0.15) is 11.4 Å². The smallest absolute Gasteiger partial charge is 0.219 e. The molecule has 0 aliphatic carbocycles. The Labute approximate surface area is 148 Å². The van der Waals surface area contributed by atoms with Crippen molar-refractivity contribution < 1.29 is 9.53 Å². The summed E-state index contributed by atoms with van der Waals surface area (Å²) in [7, 11) is 0. The zero-order valence-corrected chi connectivity index (χ0v) is 15.1. The van der Waals surface area contributed by atoms with Crippen LogP contribution in [-0.2, 0) is 24.3 Å². The molecule has 0 bridgehead atoms. The number of fused-ring (bicyclic) bond motifs is 1. The predicted octanol–water partition coefficient (Wildman–Crippen LogP) is 2.25. The molecule has 0 atom stereocenters. The van der Waals surface area contributed by atoms with Crippen LogP contribution in [0.5, 0.6) is 5.75 Å². The minimum Gasteiger partial charge on any atom is -0.488 e. The average molecular weight is 342 g/mol. The Hall–Kier alpha value is -2.34. The van der Waals surface area contributed by atoms with Gasteiger partial charge in [0.2, 0.25) is 5.91 Å². The zero-order valence-electron chi connectivity index (χ0n) is 15.1. The van der Waals surface area contributed by atoms with E-state index in [9.17, 15) is 4.79 Å². The third kappa shape index (κ3) is 4.20. The van der Waals surface area contributed by atoms with Gasteiger partial charge in [-0.05, 0) is 45.0 Å². The lowest BCUT2D eigenvalue weighted by Gasteiger charge is -2.21. The highest BCUT2D eigenvalue weighted by Gasteiger charge is 2.22. The van der Waals surface area contributed by atoms with Crippen molar-refractivity contribution in [2.75, 3.05) is 6.54 Å². The number of aryl methyl sites for hydroxylation is 1. The molecule has 0 fully saturated rings. The van der Waals surface area contributed by atoms with Crippen LogP contribution in [0.2, 0.25) is 0 Å². The fourth-order valence-corrected chi connectivity index (χ4v) is 3.09.